The molecule has 1 aliphatic carbocycles. The van der Waals surface area contributed by atoms with E-state index in [1.807, 2.05) is 23.1 Å². The molecule has 1 saturated heterocycles. The second-order valence-electron chi connectivity index (χ2n) is 7.78. The molecule has 148 valence electrons. The zero-order valence-electron chi connectivity index (χ0n) is 16.2. The fourth-order valence-corrected chi connectivity index (χ4v) is 5.29. The van der Waals surface area contributed by atoms with Gasteiger partial charge >= 0.3 is 0 Å². The van der Waals surface area contributed by atoms with Crippen molar-refractivity contribution in [2.24, 2.45) is 5.92 Å². The van der Waals surface area contributed by atoms with E-state index >= 15 is 0 Å². The van der Waals surface area contributed by atoms with Gasteiger partial charge in [-0.25, -0.2) is 0 Å². The summed E-state index contributed by atoms with van der Waals surface area (Å²) in [5.74, 6) is 0.264. The molecule has 3 heterocycles. The van der Waals surface area contributed by atoms with Gasteiger partial charge in [-0.15, -0.1) is 11.3 Å². The fourth-order valence-electron chi connectivity index (χ4n) is 4.12. The topological polar surface area (TPSA) is 62.3 Å². The van der Waals surface area contributed by atoms with Gasteiger partial charge in [0.25, 0.3) is 5.91 Å². The van der Waals surface area contributed by atoms with Crippen LogP contribution >= 0.6 is 11.3 Å². The third kappa shape index (κ3) is 4.43. The number of likely N-dealkylation sites (tertiary alicyclic amines) is 1. The van der Waals surface area contributed by atoms with E-state index < -0.39 is 0 Å². The summed E-state index contributed by atoms with van der Waals surface area (Å²) in [4.78, 5) is 33.7. The number of pyridine rings is 1. The van der Waals surface area contributed by atoms with Gasteiger partial charge in [0.1, 0.15) is 0 Å². The molecular weight excluding hydrogens is 370 g/mol. The molecule has 1 fully saturated rings. The smallest absolute Gasteiger partial charge is 0.263 e. The monoisotopic (exact) mass is 397 g/mol. The normalized spacial score (nSPS) is 19.6. The summed E-state index contributed by atoms with van der Waals surface area (Å²) < 4.78 is 0. The highest BCUT2D eigenvalue weighted by Gasteiger charge is 2.28. The Balaban J connectivity index is 1.37. The second-order valence-corrected chi connectivity index (χ2v) is 8.92. The number of nitrogens with zero attached hydrogens (tertiary/aromatic N) is 2. The Morgan fingerprint density at radius 3 is 2.79 bits per heavy atom. The number of amides is 2. The molecule has 0 spiro atoms. The predicted octanol–water partition coefficient (Wildman–Crippen LogP) is 3.58. The van der Waals surface area contributed by atoms with Crippen molar-refractivity contribution in [1.82, 2.24) is 15.2 Å². The van der Waals surface area contributed by atoms with Crippen LogP contribution in [0.3, 0.4) is 0 Å². The van der Waals surface area contributed by atoms with Crippen molar-refractivity contribution in [3.05, 3.63) is 51.5 Å². The molecule has 0 aromatic carbocycles. The number of aromatic nitrogens is 1. The van der Waals surface area contributed by atoms with E-state index in [0.717, 1.165) is 55.6 Å². The number of thiophene rings is 1. The summed E-state index contributed by atoms with van der Waals surface area (Å²) >= 11 is 1.64. The van der Waals surface area contributed by atoms with Crippen LogP contribution in [0.5, 0.6) is 0 Å². The summed E-state index contributed by atoms with van der Waals surface area (Å²) in [5, 5.41) is 3.04. The second kappa shape index (κ2) is 8.86. The van der Waals surface area contributed by atoms with Crippen LogP contribution in [0, 0.1) is 5.92 Å². The average molecular weight is 398 g/mol. The van der Waals surface area contributed by atoms with Crippen molar-refractivity contribution in [3.8, 4) is 0 Å². The van der Waals surface area contributed by atoms with Crippen LogP contribution in [0.1, 0.15) is 57.8 Å². The highest BCUT2D eigenvalue weighted by Crippen LogP contribution is 2.33. The first-order chi connectivity index (χ1) is 13.7. The van der Waals surface area contributed by atoms with Crippen LogP contribution < -0.4 is 5.32 Å². The van der Waals surface area contributed by atoms with Crippen molar-refractivity contribution in [3.63, 3.8) is 0 Å². The van der Waals surface area contributed by atoms with Crippen molar-refractivity contribution in [1.29, 1.82) is 0 Å². The van der Waals surface area contributed by atoms with Crippen LogP contribution in [0.25, 0.3) is 0 Å². The minimum absolute atomic E-state index is 0.0140. The lowest BCUT2D eigenvalue weighted by Gasteiger charge is -2.21. The molecule has 2 aliphatic rings. The molecule has 0 saturated carbocycles. The van der Waals surface area contributed by atoms with Gasteiger partial charge in [0.2, 0.25) is 5.91 Å². The van der Waals surface area contributed by atoms with Gasteiger partial charge in [-0.3, -0.25) is 14.6 Å². The number of fused-ring (bicyclic) bond motifs is 1. The molecule has 1 atom stereocenters. The van der Waals surface area contributed by atoms with E-state index in [-0.39, 0.29) is 17.7 Å². The van der Waals surface area contributed by atoms with Gasteiger partial charge in [-0.2, -0.15) is 0 Å². The quantitative estimate of drug-likeness (QED) is 0.858. The zero-order chi connectivity index (χ0) is 19.3. The Hall–Kier alpha value is -2.21. The summed E-state index contributed by atoms with van der Waals surface area (Å²) in [6, 6.07) is 5.89. The number of rotatable bonds is 4. The van der Waals surface area contributed by atoms with Crippen molar-refractivity contribution in [2.45, 2.75) is 51.5 Å². The average Bonchev–Trinajstić information content (AvgIpc) is 2.97. The lowest BCUT2D eigenvalue weighted by molar-refractivity contribution is -0.125. The molecule has 4 rings (SSSR count). The van der Waals surface area contributed by atoms with Crippen molar-refractivity contribution >= 4 is 23.2 Å². The highest BCUT2D eigenvalue weighted by molar-refractivity contribution is 7.14. The SMILES string of the molecule is O=C(NCc1cccnc1)[C@@H]1CCc2sc(C(=O)N3CCCCCC3)cc2C1. The number of nitrogens with one attached hydrogen (secondary N) is 1. The van der Waals surface area contributed by atoms with Crippen molar-refractivity contribution in [2.75, 3.05) is 13.1 Å². The number of carbonyl (C=O) groups excluding carboxylic acids is 2. The molecule has 0 radical (unpaired) electrons. The van der Waals surface area contributed by atoms with Gasteiger partial charge < -0.3 is 10.2 Å². The summed E-state index contributed by atoms with van der Waals surface area (Å²) in [7, 11) is 0. The third-order valence-corrected chi connectivity index (χ3v) is 6.97. The van der Waals surface area contributed by atoms with Crippen LogP contribution in [0.2, 0.25) is 0 Å². The fraction of sp³-hybridized carbons (Fsp3) is 0.500. The van der Waals surface area contributed by atoms with Gasteiger partial charge in [0, 0.05) is 42.8 Å². The van der Waals surface area contributed by atoms with Gasteiger partial charge in [0.05, 0.1) is 4.88 Å². The molecule has 1 N–H and O–H groups in total. The zero-order valence-corrected chi connectivity index (χ0v) is 17.0. The first kappa shape index (κ1) is 19.1. The van der Waals surface area contributed by atoms with E-state index in [0.29, 0.717) is 6.54 Å². The molecule has 2 aromatic heterocycles. The summed E-state index contributed by atoms with van der Waals surface area (Å²) in [5.41, 5.74) is 2.20. The summed E-state index contributed by atoms with van der Waals surface area (Å²) in [6.07, 6.45) is 10.6. The van der Waals surface area contributed by atoms with E-state index in [2.05, 4.69) is 10.3 Å². The van der Waals surface area contributed by atoms with Crippen LogP contribution in [-0.2, 0) is 24.2 Å². The number of carbonyl (C=O) groups is 2. The standard InChI is InChI=1S/C22H27N3O2S/c26-21(24-15-16-6-5-9-23-14-16)17-7-8-19-18(12-17)13-20(28-19)22(27)25-10-3-1-2-4-11-25/h5-6,9,13-14,17H,1-4,7-8,10-12,15H2,(H,24,26)/t17-/m1/s1. The van der Waals surface area contributed by atoms with E-state index in [1.165, 1.54) is 23.3 Å². The molecule has 0 unspecified atom stereocenters. The molecule has 1 aliphatic heterocycles. The molecule has 6 heteroatoms. The van der Waals surface area contributed by atoms with E-state index in [1.54, 1.807) is 23.7 Å². The maximum absolute atomic E-state index is 12.9. The first-order valence-electron chi connectivity index (χ1n) is 10.3. The molecule has 2 aromatic rings. The molecule has 28 heavy (non-hydrogen) atoms. The molecule has 0 bridgehead atoms. The predicted molar refractivity (Wildman–Crippen MR) is 110 cm³/mol. The Kier molecular flexibility index (Phi) is 6.05. The Bertz CT molecular complexity index is 826. The van der Waals surface area contributed by atoms with Gasteiger partial charge in [-0.05, 0) is 55.4 Å². The van der Waals surface area contributed by atoms with Crippen LogP contribution in [0.15, 0.2) is 30.6 Å². The number of hydrogen-bond donors (Lipinski definition) is 1. The summed E-state index contributed by atoms with van der Waals surface area (Å²) in [6.45, 7) is 2.26. The lowest BCUT2D eigenvalue weighted by Crippen LogP contribution is -2.33. The minimum atomic E-state index is -0.0140. The third-order valence-electron chi connectivity index (χ3n) is 5.75. The van der Waals surface area contributed by atoms with Crippen LogP contribution in [0.4, 0.5) is 0 Å². The Labute approximate surface area is 170 Å². The van der Waals surface area contributed by atoms with Crippen LogP contribution in [-0.4, -0.2) is 34.8 Å². The van der Waals surface area contributed by atoms with E-state index in [9.17, 15) is 9.59 Å². The Morgan fingerprint density at radius 1 is 1.21 bits per heavy atom. The maximum Gasteiger partial charge on any atom is 0.263 e. The maximum atomic E-state index is 12.9. The minimum Gasteiger partial charge on any atom is -0.352 e. The van der Waals surface area contributed by atoms with Crippen molar-refractivity contribution < 1.29 is 9.59 Å². The van der Waals surface area contributed by atoms with E-state index in [4.69, 9.17) is 0 Å². The molecular formula is C22H27N3O2S. The lowest BCUT2D eigenvalue weighted by atomic mass is 9.87. The highest BCUT2D eigenvalue weighted by atomic mass is 32.1. The van der Waals surface area contributed by atoms with Gasteiger partial charge in [0.15, 0.2) is 0 Å². The van der Waals surface area contributed by atoms with Gasteiger partial charge in [-0.1, -0.05) is 18.9 Å². The first-order valence-corrected chi connectivity index (χ1v) is 11.1. The Morgan fingerprint density at radius 2 is 2.04 bits per heavy atom. The molecule has 2 amide bonds. The molecule has 5 nitrogen and oxygen atoms in total. The largest absolute Gasteiger partial charge is 0.352 e. The number of aryl methyl sites for hydroxylation is 1. The number of hydrogen-bond acceptors (Lipinski definition) is 4.